The van der Waals surface area contributed by atoms with Gasteiger partial charge < -0.3 is 0 Å². The zero-order valence-electron chi connectivity index (χ0n) is 9.15. The Bertz CT molecular complexity index is 239. The van der Waals surface area contributed by atoms with Crippen LogP contribution >= 0.6 is 0 Å². The molecule has 0 radical (unpaired) electrons. The van der Waals surface area contributed by atoms with Crippen LogP contribution in [-0.2, 0) is 15.9 Å². The van der Waals surface area contributed by atoms with E-state index >= 15 is 0 Å². The second-order valence-electron chi connectivity index (χ2n) is 3.16. The predicted molar refractivity (Wildman–Crippen MR) is 63.4 cm³/mol. The molecule has 0 atom stereocenters. The van der Waals surface area contributed by atoms with E-state index in [1.54, 1.807) is 7.11 Å². The third-order valence-corrected chi connectivity index (χ3v) is 3.71. The molecular weight excluding hydrogens is 255 g/mol. The van der Waals surface area contributed by atoms with E-state index in [1.165, 1.54) is 17.3 Å². The maximum absolute atomic E-state index is 5.41. The summed E-state index contributed by atoms with van der Waals surface area (Å²) in [5.74, 6) is 0. The van der Waals surface area contributed by atoms with Crippen molar-refractivity contribution in [3.05, 3.63) is 35.9 Å². The van der Waals surface area contributed by atoms with Crippen LogP contribution in [-0.4, -0.2) is 40.8 Å². The topological polar surface area (TPSA) is 18.5 Å². The van der Waals surface area contributed by atoms with Crippen molar-refractivity contribution in [3.8, 4) is 0 Å². The van der Waals surface area contributed by atoms with Gasteiger partial charge in [-0.25, -0.2) is 0 Å². The Morgan fingerprint density at radius 1 is 1.13 bits per heavy atom. The summed E-state index contributed by atoms with van der Waals surface area (Å²) in [6, 6.07) is 10.6. The summed E-state index contributed by atoms with van der Waals surface area (Å²) >= 11 is 0.601. The molecule has 0 saturated heterocycles. The molecular formula is C12H18O2Se. The number of aryl methyl sites for hydroxylation is 1. The van der Waals surface area contributed by atoms with Crippen LogP contribution < -0.4 is 0 Å². The van der Waals surface area contributed by atoms with Crippen molar-refractivity contribution < 1.29 is 9.47 Å². The third kappa shape index (κ3) is 6.69. The Kier molecular flexibility index (Phi) is 7.57. The summed E-state index contributed by atoms with van der Waals surface area (Å²) in [5.41, 5.74) is 2.33. The zero-order valence-corrected chi connectivity index (χ0v) is 10.9. The standard InChI is InChI=1S/C12H18O2Se/c1-13-8-9-14-11-15-10-7-12-5-3-2-4-6-12/h2-6H,7-11H2,1H3. The van der Waals surface area contributed by atoms with Crippen LogP contribution in [0.3, 0.4) is 0 Å². The Morgan fingerprint density at radius 2 is 1.93 bits per heavy atom. The molecule has 1 aromatic rings. The second kappa shape index (κ2) is 8.93. The van der Waals surface area contributed by atoms with E-state index in [1.807, 2.05) is 0 Å². The van der Waals surface area contributed by atoms with E-state index in [-0.39, 0.29) is 0 Å². The van der Waals surface area contributed by atoms with Crippen molar-refractivity contribution >= 4 is 15.0 Å². The molecule has 84 valence electrons. The Morgan fingerprint density at radius 3 is 2.67 bits per heavy atom. The number of benzene rings is 1. The van der Waals surface area contributed by atoms with Crippen LogP contribution in [0.4, 0.5) is 0 Å². The summed E-state index contributed by atoms with van der Waals surface area (Å²) < 4.78 is 10.3. The van der Waals surface area contributed by atoms with Crippen molar-refractivity contribution in [1.29, 1.82) is 0 Å². The number of hydrogen-bond acceptors (Lipinski definition) is 2. The number of methoxy groups -OCH3 is 1. The van der Waals surface area contributed by atoms with Gasteiger partial charge in [0.15, 0.2) is 0 Å². The first-order valence-electron chi connectivity index (χ1n) is 5.12. The maximum atomic E-state index is 5.41. The van der Waals surface area contributed by atoms with E-state index in [2.05, 4.69) is 30.3 Å². The van der Waals surface area contributed by atoms with Crippen molar-refractivity contribution in [2.75, 3.05) is 25.8 Å². The molecule has 0 N–H and O–H groups in total. The van der Waals surface area contributed by atoms with E-state index < -0.39 is 0 Å². The van der Waals surface area contributed by atoms with E-state index in [0.717, 1.165) is 12.1 Å². The molecule has 0 fully saturated rings. The fourth-order valence-electron chi connectivity index (χ4n) is 1.15. The summed E-state index contributed by atoms with van der Waals surface area (Å²) in [4.78, 5) is 0. The van der Waals surface area contributed by atoms with Crippen LogP contribution in [0.2, 0.25) is 5.32 Å². The van der Waals surface area contributed by atoms with Crippen LogP contribution in [0, 0.1) is 0 Å². The van der Waals surface area contributed by atoms with Gasteiger partial charge in [0, 0.05) is 0 Å². The quantitative estimate of drug-likeness (QED) is 0.532. The van der Waals surface area contributed by atoms with Gasteiger partial charge in [0.25, 0.3) is 0 Å². The van der Waals surface area contributed by atoms with Crippen molar-refractivity contribution in [1.82, 2.24) is 0 Å². The molecule has 2 nitrogen and oxygen atoms in total. The molecule has 0 amide bonds. The van der Waals surface area contributed by atoms with Crippen LogP contribution in [0.15, 0.2) is 30.3 Å². The monoisotopic (exact) mass is 274 g/mol. The molecule has 15 heavy (non-hydrogen) atoms. The van der Waals surface area contributed by atoms with Crippen LogP contribution in [0.5, 0.6) is 0 Å². The first-order chi connectivity index (χ1) is 7.43. The Balaban J connectivity index is 1.93. The van der Waals surface area contributed by atoms with Gasteiger partial charge >= 0.3 is 97.9 Å². The molecule has 0 aliphatic heterocycles. The first-order valence-corrected chi connectivity index (χ1v) is 7.54. The molecule has 0 unspecified atom stereocenters. The van der Waals surface area contributed by atoms with Crippen molar-refractivity contribution in [2.24, 2.45) is 0 Å². The molecule has 1 rings (SSSR count). The van der Waals surface area contributed by atoms with Crippen LogP contribution in [0.1, 0.15) is 5.56 Å². The van der Waals surface area contributed by atoms with Gasteiger partial charge in [0.05, 0.1) is 0 Å². The van der Waals surface area contributed by atoms with Crippen LogP contribution in [0.25, 0.3) is 0 Å². The number of ether oxygens (including phenoxy) is 2. The van der Waals surface area contributed by atoms with E-state index in [4.69, 9.17) is 9.47 Å². The zero-order chi connectivity index (χ0) is 10.8. The van der Waals surface area contributed by atoms with E-state index in [9.17, 15) is 0 Å². The predicted octanol–water partition coefficient (Wildman–Crippen LogP) is 1.97. The normalized spacial score (nSPS) is 10.5. The minimum atomic E-state index is 0.601. The molecule has 1 aromatic carbocycles. The summed E-state index contributed by atoms with van der Waals surface area (Å²) in [7, 11) is 1.70. The average molecular weight is 273 g/mol. The average Bonchev–Trinajstić information content (AvgIpc) is 2.29. The Labute approximate surface area is 98.1 Å². The van der Waals surface area contributed by atoms with Gasteiger partial charge in [-0.3, -0.25) is 0 Å². The van der Waals surface area contributed by atoms with Gasteiger partial charge in [-0.1, -0.05) is 0 Å². The minimum absolute atomic E-state index is 0.601. The fourth-order valence-corrected chi connectivity index (χ4v) is 2.69. The fraction of sp³-hybridized carbons (Fsp3) is 0.500. The third-order valence-electron chi connectivity index (χ3n) is 1.98. The molecule has 0 saturated carbocycles. The molecule has 0 aromatic heterocycles. The number of rotatable bonds is 8. The van der Waals surface area contributed by atoms with Gasteiger partial charge in [0.1, 0.15) is 0 Å². The molecule has 3 heteroatoms. The van der Waals surface area contributed by atoms with Crippen molar-refractivity contribution in [2.45, 2.75) is 11.7 Å². The Hall–Kier alpha value is -0.341. The van der Waals surface area contributed by atoms with Crippen molar-refractivity contribution in [3.63, 3.8) is 0 Å². The molecule has 0 bridgehead atoms. The van der Waals surface area contributed by atoms with Gasteiger partial charge in [-0.15, -0.1) is 0 Å². The molecule has 0 aliphatic rings. The summed E-state index contributed by atoms with van der Waals surface area (Å²) in [6.07, 6.45) is 1.18. The molecule has 0 heterocycles. The van der Waals surface area contributed by atoms with E-state index in [0.29, 0.717) is 21.6 Å². The van der Waals surface area contributed by atoms with Gasteiger partial charge in [-0.05, 0) is 0 Å². The molecule has 0 aliphatic carbocycles. The van der Waals surface area contributed by atoms with Gasteiger partial charge in [0.2, 0.25) is 0 Å². The molecule has 0 spiro atoms. The second-order valence-corrected chi connectivity index (χ2v) is 5.37. The van der Waals surface area contributed by atoms with Gasteiger partial charge in [-0.2, -0.15) is 0 Å². The number of hydrogen-bond donors (Lipinski definition) is 0. The summed E-state index contributed by atoms with van der Waals surface area (Å²) in [6.45, 7) is 1.43. The first kappa shape index (κ1) is 12.7. The SMILES string of the molecule is COCCOC[Se]CCc1ccccc1. The summed E-state index contributed by atoms with van der Waals surface area (Å²) in [5, 5.41) is 1.25.